The Hall–Kier alpha value is -2.83. The highest BCUT2D eigenvalue weighted by Gasteiger charge is 2.31. The van der Waals surface area contributed by atoms with Gasteiger partial charge in [0.25, 0.3) is 0 Å². The minimum atomic E-state index is -0.481. The van der Waals surface area contributed by atoms with Crippen LogP contribution in [-0.4, -0.2) is 38.0 Å². The number of rotatable bonds is 4. The number of hydrogen-bond acceptors (Lipinski definition) is 4. The number of aromatic nitrogens is 3. The number of hydrogen-bond donors (Lipinski definition) is 0. The lowest BCUT2D eigenvalue weighted by Crippen LogP contribution is -2.43. The molecular weight excluding hydrogens is 368 g/mol. The number of nitrogens with zero attached hydrogens (tertiary/aromatic N) is 4. The average Bonchev–Trinajstić information content (AvgIpc) is 3.20. The van der Waals surface area contributed by atoms with Crippen LogP contribution < -0.4 is 5.76 Å². The normalized spacial score (nSPS) is 20.2. The number of para-hydroxylation sites is 2. The number of amides is 1. The SMILES string of the molecule is Cc1cnc(C2CCC2)n1C1CCCN(C(=O)Cn2c(=O)oc3ccccc32)C1. The summed E-state index contributed by atoms with van der Waals surface area (Å²) < 4.78 is 9.07. The molecule has 7 heteroatoms. The Balaban J connectivity index is 1.36. The molecule has 2 fully saturated rings. The van der Waals surface area contributed by atoms with E-state index in [4.69, 9.17) is 9.40 Å². The van der Waals surface area contributed by atoms with Crippen molar-refractivity contribution in [2.45, 2.75) is 57.5 Å². The standard InChI is InChI=1S/C22H26N4O3/c1-15-12-23-21(16-6-4-7-16)26(15)17-8-5-11-24(13-17)20(27)14-25-18-9-2-3-10-19(18)29-22(25)28/h2-3,9-10,12,16-17H,4-8,11,13-14H2,1H3. The molecule has 0 radical (unpaired) electrons. The Kier molecular flexibility index (Phi) is 4.53. The highest BCUT2D eigenvalue weighted by molar-refractivity contribution is 5.79. The van der Waals surface area contributed by atoms with Gasteiger partial charge in [0.1, 0.15) is 12.4 Å². The molecule has 1 aliphatic heterocycles. The molecule has 1 saturated heterocycles. The van der Waals surface area contributed by atoms with E-state index in [0.29, 0.717) is 23.6 Å². The smallest absolute Gasteiger partial charge is 0.408 e. The molecule has 5 rings (SSSR count). The molecule has 29 heavy (non-hydrogen) atoms. The number of imidazole rings is 1. The fraction of sp³-hybridized carbons (Fsp3) is 0.500. The van der Waals surface area contributed by atoms with Crippen LogP contribution in [0, 0.1) is 6.92 Å². The maximum atomic E-state index is 13.0. The van der Waals surface area contributed by atoms with Crippen LogP contribution in [0.15, 0.2) is 39.7 Å². The Labute approximate surface area is 168 Å². The second kappa shape index (κ2) is 7.21. The zero-order valence-corrected chi connectivity index (χ0v) is 16.7. The molecule has 7 nitrogen and oxygen atoms in total. The Bertz CT molecular complexity index is 1100. The van der Waals surface area contributed by atoms with Gasteiger partial charge in [0, 0.05) is 30.9 Å². The van der Waals surface area contributed by atoms with Gasteiger partial charge in [-0.25, -0.2) is 9.78 Å². The van der Waals surface area contributed by atoms with Gasteiger partial charge in [-0.3, -0.25) is 9.36 Å². The number of oxazole rings is 1. The third-order valence-electron chi connectivity index (χ3n) is 6.46. The number of likely N-dealkylation sites (tertiary alicyclic amines) is 1. The average molecular weight is 394 g/mol. The third-order valence-corrected chi connectivity index (χ3v) is 6.46. The monoisotopic (exact) mass is 394 g/mol. The summed E-state index contributed by atoms with van der Waals surface area (Å²) in [6, 6.07) is 7.48. The molecule has 2 aliphatic rings. The first-order valence-electron chi connectivity index (χ1n) is 10.5. The molecule has 1 unspecified atom stereocenters. The van der Waals surface area contributed by atoms with Gasteiger partial charge >= 0.3 is 5.76 Å². The fourth-order valence-corrected chi connectivity index (χ4v) is 4.70. The second-order valence-electron chi connectivity index (χ2n) is 8.31. The van der Waals surface area contributed by atoms with Gasteiger partial charge in [0.15, 0.2) is 5.58 Å². The van der Waals surface area contributed by atoms with Gasteiger partial charge in [-0.05, 0) is 44.7 Å². The minimum Gasteiger partial charge on any atom is -0.408 e. The minimum absolute atomic E-state index is 0.0148. The number of carbonyl (C=O) groups excluding carboxylic acids is 1. The quantitative estimate of drug-likeness (QED) is 0.681. The van der Waals surface area contributed by atoms with Gasteiger partial charge in [0.05, 0.1) is 11.6 Å². The number of carbonyl (C=O) groups is 1. The van der Waals surface area contributed by atoms with E-state index in [1.165, 1.54) is 35.3 Å². The van der Waals surface area contributed by atoms with E-state index in [-0.39, 0.29) is 18.5 Å². The number of benzene rings is 1. The van der Waals surface area contributed by atoms with Crippen molar-refractivity contribution in [3.05, 3.63) is 52.5 Å². The molecule has 1 saturated carbocycles. The fourth-order valence-electron chi connectivity index (χ4n) is 4.70. The van der Waals surface area contributed by atoms with Gasteiger partial charge in [-0.15, -0.1) is 0 Å². The first-order chi connectivity index (χ1) is 14.1. The van der Waals surface area contributed by atoms with Gasteiger partial charge in [-0.2, -0.15) is 0 Å². The molecule has 0 N–H and O–H groups in total. The molecule has 1 aliphatic carbocycles. The van der Waals surface area contributed by atoms with Crippen LogP contribution >= 0.6 is 0 Å². The Morgan fingerprint density at radius 2 is 2.03 bits per heavy atom. The lowest BCUT2D eigenvalue weighted by molar-refractivity contribution is -0.133. The van der Waals surface area contributed by atoms with E-state index in [1.807, 2.05) is 29.3 Å². The van der Waals surface area contributed by atoms with Crippen molar-refractivity contribution in [3.63, 3.8) is 0 Å². The van der Waals surface area contributed by atoms with E-state index in [2.05, 4.69) is 11.5 Å². The third kappa shape index (κ3) is 3.18. The summed E-state index contributed by atoms with van der Waals surface area (Å²) in [7, 11) is 0. The van der Waals surface area contributed by atoms with E-state index in [9.17, 15) is 9.59 Å². The Morgan fingerprint density at radius 3 is 2.83 bits per heavy atom. The van der Waals surface area contributed by atoms with Crippen LogP contribution in [-0.2, 0) is 11.3 Å². The van der Waals surface area contributed by atoms with Crippen molar-refractivity contribution in [1.29, 1.82) is 0 Å². The topological polar surface area (TPSA) is 73.3 Å². The van der Waals surface area contributed by atoms with Crippen LogP contribution in [0.1, 0.15) is 55.6 Å². The molecule has 152 valence electrons. The van der Waals surface area contributed by atoms with Crippen molar-refractivity contribution >= 4 is 17.0 Å². The molecule has 1 aromatic carbocycles. The van der Waals surface area contributed by atoms with Crippen molar-refractivity contribution in [3.8, 4) is 0 Å². The summed E-state index contributed by atoms with van der Waals surface area (Å²) in [5.74, 6) is 1.23. The number of fused-ring (bicyclic) bond motifs is 1. The summed E-state index contributed by atoms with van der Waals surface area (Å²) in [5, 5.41) is 0. The summed E-state index contributed by atoms with van der Waals surface area (Å²) in [5.41, 5.74) is 2.35. The van der Waals surface area contributed by atoms with Crippen LogP contribution in [0.4, 0.5) is 0 Å². The van der Waals surface area contributed by atoms with E-state index in [0.717, 1.165) is 19.4 Å². The van der Waals surface area contributed by atoms with Crippen LogP contribution in [0.5, 0.6) is 0 Å². The van der Waals surface area contributed by atoms with Crippen LogP contribution in [0.25, 0.3) is 11.1 Å². The summed E-state index contributed by atoms with van der Waals surface area (Å²) in [6.07, 6.45) is 7.67. The maximum Gasteiger partial charge on any atom is 0.420 e. The molecule has 2 aromatic heterocycles. The van der Waals surface area contributed by atoms with Gasteiger partial charge < -0.3 is 13.9 Å². The zero-order chi connectivity index (χ0) is 20.0. The molecule has 3 heterocycles. The maximum absolute atomic E-state index is 13.0. The first-order valence-corrected chi connectivity index (χ1v) is 10.5. The van der Waals surface area contributed by atoms with Gasteiger partial charge in [-0.1, -0.05) is 18.6 Å². The lowest BCUT2D eigenvalue weighted by atomic mass is 9.84. The van der Waals surface area contributed by atoms with Crippen molar-refractivity contribution < 1.29 is 9.21 Å². The summed E-state index contributed by atoms with van der Waals surface area (Å²) >= 11 is 0. The van der Waals surface area contributed by atoms with Crippen LogP contribution in [0.3, 0.4) is 0 Å². The summed E-state index contributed by atoms with van der Waals surface area (Å²) in [4.78, 5) is 31.9. The molecule has 1 amide bonds. The van der Waals surface area contributed by atoms with Crippen molar-refractivity contribution in [2.24, 2.45) is 0 Å². The zero-order valence-electron chi connectivity index (χ0n) is 16.7. The van der Waals surface area contributed by atoms with E-state index < -0.39 is 5.76 Å². The Morgan fingerprint density at radius 1 is 1.21 bits per heavy atom. The predicted octanol–water partition coefficient (Wildman–Crippen LogP) is 3.23. The highest BCUT2D eigenvalue weighted by Crippen LogP contribution is 2.38. The lowest BCUT2D eigenvalue weighted by Gasteiger charge is -2.36. The highest BCUT2D eigenvalue weighted by atomic mass is 16.4. The first kappa shape index (κ1) is 18.2. The van der Waals surface area contributed by atoms with Crippen LogP contribution in [0.2, 0.25) is 0 Å². The van der Waals surface area contributed by atoms with Crippen molar-refractivity contribution in [2.75, 3.05) is 13.1 Å². The van der Waals surface area contributed by atoms with E-state index >= 15 is 0 Å². The van der Waals surface area contributed by atoms with Crippen molar-refractivity contribution in [1.82, 2.24) is 19.0 Å². The second-order valence-corrected chi connectivity index (χ2v) is 8.31. The van der Waals surface area contributed by atoms with E-state index in [1.54, 1.807) is 6.07 Å². The van der Waals surface area contributed by atoms with Gasteiger partial charge in [0.2, 0.25) is 5.91 Å². The molecule has 0 bridgehead atoms. The molecular formula is C22H26N4O3. The number of aryl methyl sites for hydroxylation is 1. The molecule has 3 aromatic rings. The molecule has 1 atom stereocenters. The number of piperidine rings is 1. The predicted molar refractivity (Wildman–Crippen MR) is 109 cm³/mol. The summed E-state index contributed by atoms with van der Waals surface area (Å²) in [6.45, 7) is 3.51. The molecule has 0 spiro atoms. The largest absolute Gasteiger partial charge is 0.420 e.